The predicted octanol–water partition coefficient (Wildman–Crippen LogP) is 2.99. The Morgan fingerprint density at radius 3 is 2.56 bits per heavy atom. The summed E-state index contributed by atoms with van der Waals surface area (Å²) in [7, 11) is 1.70. The molecule has 34 heavy (non-hydrogen) atoms. The van der Waals surface area contributed by atoms with Crippen molar-refractivity contribution in [3.05, 3.63) is 88.0 Å². The lowest BCUT2D eigenvalue weighted by Crippen LogP contribution is -2.31. The number of pyridine rings is 1. The molecule has 1 aromatic carbocycles. The van der Waals surface area contributed by atoms with Crippen molar-refractivity contribution >= 4 is 5.91 Å². The van der Waals surface area contributed by atoms with Crippen LogP contribution in [0.15, 0.2) is 59.8 Å². The van der Waals surface area contributed by atoms with Gasteiger partial charge in [0.05, 0.1) is 35.4 Å². The molecule has 1 atom stereocenters. The molecule has 1 N–H and O–H groups in total. The van der Waals surface area contributed by atoms with E-state index in [1.807, 2.05) is 0 Å². The average Bonchev–Trinajstić information content (AvgIpc) is 3.25. The fourth-order valence-electron chi connectivity index (χ4n) is 3.37. The molecular formula is C22H18F3N7O2. The lowest BCUT2D eigenvalue weighted by molar-refractivity contribution is 0.0932. The first kappa shape index (κ1) is 22.8. The monoisotopic (exact) mass is 469 g/mol. The van der Waals surface area contributed by atoms with Gasteiger partial charge in [0.15, 0.2) is 0 Å². The highest BCUT2D eigenvalue weighted by molar-refractivity contribution is 5.92. The first-order valence-corrected chi connectivity index (χ1v) is 10.0. The highest BCUT2D eigenvalue weighted by Gasteiger charge is 2.21. The second-order valence-electron chi connectivity index (χ2n) is 7.39. The van der Waals surface area contributed by atoms with E-state index < -0.39 is 35.3 Å². The largest absolute Gasteiger partial charge is 0.344 e. The van der Waals surface area contributed by atoms with Crippen LogP contribution in [0.2, 0.25) is 0 Å². The van der Waals surface area contributed by atoms with Gasteiger partial charge >= 0.3 is 0 Å². The van der Waals surface area contributed by atoms with Crippen LogP contribution >= 0.6 is 0 Å². The highest BCUT2D eigenvalue weighted by Crippen LogP contribution is 2.27. The standard InChI is InChI=1S/C22H18F3N7O2/c1-12(15-4-3-5-16(20(15)23)21(24)25)28-22(34)17-6-7-19(33)32(29-17)14-8-13(9-26-10-14)18-11-27-30-31(18)2/h3-12,21H,1-2H3,(H,28,34)/t12-/m1/s1. The number of benzene rings is 1. The predicted molar refractivity (Wildman–Crippen MR) is 115 cm³/mol. The van der Waals surface area contributed by atoms with E-state index in [1.54, 1.807) is 19.3 Å². The number of nitrogens with zero attached hydrogens (tertiary/aromatic N) is 6. The second kappa shape index (κ2) is 9.25. The molecule has 3 aromatic heterocycles. The summed E-state index contributed by atoms with van der Waals surface area (Å²) in [6, 6.07) is 6.66. The summed E-state index contributed by atoms with van der Waals surface area (Å²) >= 11 is 0. The number of aryl methyl sites for hydroxylation is 1. The van der Waals surface area contributed by atoms with Gasteiger partial charge in [-0.25, -0.2) is 17.9 Å². The SMILES string of the molecule is C[C@@H](NC(=O)c1ccc(=O)n(-c2cncc(-c3cnnn3C)c2)n1)c1cccc(C(F)F)c1F. The lowest BCUT2D eigenvalue weighted by atomic mass is 10.0. The molecule has 4 rings (SSSR count). The van der Waals surface area contributed by atoms with Crippen LogP contribution in [-0.2, 0) is 7.05 Å². The minimum atomic E-state index is -2.99. The van der Waals surface area contributed by atoms with E-state index in [1.165, 1.54) is 42.2 Å². The van der Waals surface area contributed by atoms with Crippen LogP contribution in [0.5, 0.6) is 0 Å². The van der Waals surface area contributed by atoms with E-state index in [9.17, 15) is 22.8 Å². The maximum atomic E-state index is 14.4. The van der Waals surface area contributed by atoms with Crippen molar-refractivity contribution in [3.8, 4) is 16.9 Å². The molecule has 0 spiro atoms. The van der Waals surface area contributed by atoms with Crippen LogP contribution in [0.4, 0.5) is 13.2 Å². The summed E-state index contributed by atoms with van der Waals surface area (Å²) in [6.07, 6.45) is 1.51. The third kappa shape index (κ3) is 4.42. The minimum Gasteiger partial charge on any atom is -0.344 e. The molecular weight excluding hydrogens is 451 g/mol. The van der Waals surface area contributed by atoms with Crippen LogP contribution in [0.25, 0.3) is 16.9 Å². The Labute approximate surface area is 190 Å². The van der Waals surface area contributed by atoms with Gasteiger partial charge in [0.25, 0.3) is 17.9 Å². The van der Waals surface area contributed by atoms with Crippen molar-refractivity contribution < 1.29 is 18.0 Å². The molecule has 0 aliphatic rings. The molecule has 1 amide bonds. The summed E-state index contributed by atoms with van der Waals surface area (Å²) < 4.78 is 43.0. The molecule has 0 saturated carbocycles. The van der Waals surface area contributed by atoms with E-state index in [4.69, 9.17) is 0 Å². The third-order valence-corrected chi connectivity index (χ3v) is 5.12. The maximum Gasteiger partial charge on any atom is 0.272 e. The van der Waals surface area contributed by atoms with Crippen molar-refractivity contribution in [2.45, 2.75) is 19.4 Å². The number of amides is 1. The first-order valence-electron chi connectivity index (χ1n) is 10.0. The van der Waals surface area contributed by atoms with E-state index in [2.05, 4.69) is 25.7 Å². The number of rotatable bonds is 6. The second-order valence-corrected chi connectivity index (χ2v) is 7.39. The number of nitrogens with one attached hydrogen (secondary N) is 1. The van der Waals surface area contributed by atoms with Gasteiger partial charge < -0.3 is 5.32 Å². The van der Waals surface area contributed by atoms with Gasteiger partial charge in [-0.2, -0.15) is 9.78 Å². The maximum absolute atomic E-state index is 14.4. The van der Waals surface area contributed by atoms with Gasteiger partial charge in [0.2, 0.25) is 0 Å². The van der Waals surface area contributed by atoms with E-state index >= 15 is 0 Å². The van der Waals surface area contributed by atoms with Gasteiger partial charge in [-0.3, -0.25) is 14.6 Å². The summed E-state index contributed by atoms with van der Waals surface area (Å²) in [5.74, 6) is -1.81. The number of alkyl halides is 2. The van der Waals surface area contributed by atoms with Gasteiger partial charge in [0.1, 0.15) is 11.5 Å². The van der Waals surface area contributed by atoms with Crippen molar-refractivity contribution in [1.29, 1.82) is 0 Å². The molecule has 0 aliphatic heterocycles. The highest BCUT2D eigenvalue weighted by atomic mass is 19.3. The zero-order valence-electron chi connectivity index (χ0n) is 18.0. The fraction of sp³-hybridized carbons (Fsp3) is 0.182. The Balaban J connectivity index is 1.62. The number of carbonyl (C=O) groups is 1. The van der Waals surface area contributed by atoms with Crippen LogP contribution < -0.4 is 10.9 Å². The molecule has 0 unspecified atom stereocenters. The van der Waals surface area contributed by atoms with Crippen molar-refractivity contribution in [2.75, 3.05) is 0 Å². The van der Waals surface area contributed by atoms with Gasteiger partial charge in [-0.15, -0.1) is 5.10 Å². The van der Waals surface area contributed by atoms with Crippen molar-refractivity contribution in [1.82, 2.24) is 35.1 Å². The molecule has 0 aliphatic carbocycles. The van der Waals surface area contributed by atoms with Crippen LogP contribution in [0.3, 0.4) is 0 Å². The van der Waals surface area contributed by atoms with Crippen LogP contribution in [0.1, 0.15) is 41.0 Å². The average molecular weight is 469 g/mol. The number of hydrogen-bond donors (Lipinski definition) is 1. The Morgan fingerprint density at radius 2 is 1.85 bits per heavy atom. The topological polar surface area (TPSA) is 108 Å². The Kier molecular flexibility index (Phi) is 6.21. The molecule has 0 saturated heterocycles. The summed E-state index contributed by atoms with van der Waals surface area (Å²) in [6.45, 7) is 1.46. The quantitative estimate of drug-likeness (QED) is 0.465. The number of hydrogen-bond acceptors (Lipinski definition) is 6. The Bertz CT molecular complexity index is 1420. The molecule has 0 radical (unpaired) electrons. The van der Waals surface area contributed by atoms with Crippen LogP contribution in [-0.4, -0.2) is 35.7 Å². The lowest BCUT2D eigenvalue weighted by Gasteiger charge is -2.16. The zero-order chi connectivity index (χ0) is 24.4. The summed E-state index contributed by atoms with van der Waals surface area (Å²) in [5, 5.41) is 14.3. The number of carbonyl (C=O) groups excluding carboxylic acids is 1. The van der Waals surface area contributed by atoms with E-state index in [-0.39, 0.29) is 11.3 Å². The van der Waals surface area contributed by atoms with E-state index in [0.29, 0.717) is 16.9 Å². The summed E-state index contributed by atoms with van der Waals surface area (Å²) in [5.41, 5.74) is 0.0751. The number of aromatic nitrogens is 6. The van der Waals surface area contributed by atoms with Gasteiger partial charge in [-0.1, -0.05) is 23.4 Å². The van der Waals surface area contributed by atoms with Crippen LogP contribution in [0, 0.1) is 5.82 Å². The molecule has 0 bridgehead atoms. The molecule has 4 aromatic rings. The summed E-state index contributed by atoms with van der Waals surface area (Å²) in [4.78, 5) is 29.3. The smallest absolute Gasteiger partial charge is 0.272 e. The van der Waals surface area contributed by atoms with Crippen molar-refractivity contribution in [2.24, 2.45) is 7.05 Å². The number of halogens is 3. The van der Waals surface area contributed by atoms with E-state index in [0.717, 1.165) is 16.8 Å². The molecule has 174 valence electrons. The Morgan fingerprint density at radius 1 is 1.09 bits per heavy atom. The first-order chi connectivity index (χ1) is 16.3. The normalized spacial score (nSPS) is 12.1. The molecule has 9 nitrogen and oxygen atoms in total. The Hall–Kier alpha value is -4.35. The van der Waals surface area contributed by atoms with Gasteiger partial charge in [0, 0.05) is 30.4 Å². The fourth-order valence-corrected chi connectivity index (χ4v) is 3.37. The zero-order valence-corrected chi connectivity index (χ0v) is 18.0. The molecule has 0 fully saturated rings. The minimum absolute atomic E-state index is 0.0961. The third-order valence-electron chi connectivity index (χ3n) is 5.12. The molecule has 3 heterocycles. The molecule has 12 heteroatoms. The van der Waals surface area contributed by atoms with Crippen molar-refractivity contribution in [3.63, 3.8) is 0 Å². The van der Waals surface area contributed by atoms with Gasteiger partial charge in [-0.05, 0) is 19.1 Å².